The molecular weight excluding hydrogens is 228 g/mol. The Morgan fingerprint density at radius 2 is 1.72 bits per heavy atom. The van der Waals surface area contributed by atoms with Crippen LogP contribution in [0, 0.1) is 0 Å². The van der Waals surface area contributed by atoms with Crippen LogP contribution in [0.25, 0.3) is 0 Å². The molecule has 0 unspecified atom stereocenters. The standard InChI is InChI=1S/C15H22O3/c1-4-11-18-13-9-7-12(8-10-13)14(16)15(17,5-2)6-3/h7-10,17H,4-6,11H2,1-3H3. The van der Waals surface area contributed by atoms with Crippen molar-refractivity contribution in [1.82, 2.24) is 0 Å². The van der Waals surface area contributed by atoms with E-state index in [1.807, 2.05) is 20.8 Å². The van der Waals surface area contributed by atoms with E-state index >= 15 is 0 Å². The molecule has 0 saturated heterocycles. The minimum atomic E-state index is -1.24. The Balaban J connectivity index is 2.81. The Morgan fingerprint density at radius 1 is 1.17 bits per heavy atom. The Bertz CT molecular complexity index is 377. The molecule has 0 bridgehead atoms. The van der Waals surface area contributed by atoms with Crippen molar-refractivity contribution in [2.24, 2.45) is 0 Å². The molecule has 0 aromatic heterocycles. The van der Waals surface area contributed by atoms with E-state index in [4.69, 9.17) is 4.74 Å². The lowest BCUT2D eigenvalue weighted by molar-refractivity contribution is 0.0277. The van der Waals surface area contributed by atoms with Crippen LogP contribution in [0.15, 0.2) is 24.3 Å². The highest BCUT2D eigenvalue weighted by Gasteiger charge is 2.32. The fourth-order valence-electron chi connectivity index (χ4n) is 1.76. The van der Waals surface area contributed by atoms with Gasteiger partial charge in [0.2, 0.25) is 0 Å². The van der Waals surface area contributed by atoms with Crippen molar-refractivity contribution in [3.05, 3.63) is 29.8 Å². The van der Waals surface area contributed by atoms with E-state index in [0.29, 0.717) is 25.0 Å². The highest BCUT2D eigenvalue weighted by Crippen LogP contribution is 2.22. The molecule has 0 radical (unpaired) electrons. The average Bonchev–Trinajstić information content (AvgIpc) is 2.44. The summed E-state index contributed by atoms with van der Waals surface area (Å²) < 4.78 is 5.45. The van der Waals surface area contributed by atoms with Gasteiger partial charge in [0, 0.05) is 5.56 Å². The van der Waals surface area contributed by atoms with Gasteiger partial charge in [0.15, 0.2) is 5.78 Å². The summed E-state index contributed by atoms with van der Waals surface area (Å²) in [5.41, 5.74) is -0.712. The summed E-state index contributed by atoms with van der Waals surface area (Å²) in [5, 5.41) is 10.2. The third-order valence-electron chi connectivity index (χ3n) is 3.18. The van der Waals surface area contributed by atoms with E-state index in [0.717, 1.165) is 12.2 Å². The zero-order valence-corrected chi connectivity index (χ0v) is 11.4. The van der Waals surface area contributed by atoms with Crippen LogP contribution in [0.2, 0.25) is 0 Å². The summed E-state index contributed by atoms with van der Waals surface area (Å²) >= 11 is 0. The van der Waals surface area contributed by atoms with Crippen LogP contribution in [0.4, 0.5) is 0 Å². The number of carbonyl (C=O) groups is 1. The maximum atomic E-state index is 12.2. The molecule has 1 rings (SSSR count). The van der Waals surface area contributed by atoms with Crippen LogP contribution >= 0.6 is 0 Å². The summed E-state index contributed by atoms with van der Waals surface area (Å²) in [4.78, 5) is 12.2. The predicted octanol–water partition coefficient (Wildman–Crippen LogP) is 3.21. The largest absolute Gasteiger partial charge is 0.494 e. The summed E-state index contributed by atoms with van der Waals surface area (Å²) in [6.07, 6.45) is 1.80. The molecule has 0 spiro atoms. The first-order chi connectivity index (χ1) is 8.57. The Labute approximate surface area is 109 Å². The summed E-state index contributed by atoms with van der Waals surface area (Å²) in [7, 11) is 0. The lowest BCUT2D eigenvalue weighted by Gasteiger charge is -2.23. The molecule has 0 atom stereocenters. The normalized spacial score (nSPS) is 11.3. The van der Waals surface area contributed by atoms with Gasteiger partial charge in [-0.2, -0.15) is 0 Å². The number of benzene rings is 1. The maximum Gasteiger partial charge on any atom is 0.194 e. The number of rotatable bonds is 7. The molecule has 1 aromatic rings. The third kappa shape index (κ3) is 3.33. The van der Waals surface area contributed by atoms with E-state index in [-0.39, 0.29) is 5.78 Å². The molecule has 0 aliphatic rings. The summed E-state index contributed by atoms with van der Waals surface area (Å²) in [6.45, 7) is 6.35. The van der Waals surface area contributed by atoms with Crippen molar-refractivity contribution < 1.29 is 14.6 Å². The van der Waals surface area contributed by atoms with Gasteiger partial charge in [-0.1, -0.05) is 20.8 Å². The second-order valence-electron chi connectivity index (χ2n) is 4.44. The van der Waals surface area contributed by atoms with Crippen molar-refractivity contribution in [3.63, 3.8) is 0 Å². The highest BCUT2D eigenvalue weighted by molar-refractivity contribution is 6.02. The van der Waals surface area contributed by atoms with Crippen LogP contribution < -0.4 is 4.74 Å². The molecule has 0 heterocycles. The number of aliphatic hydroxyl groups is 1. The van der Waals surface area contributed by atoms with Gasteiger partial charge in [-0.05, 0) is 43.5 Å². The van der Waals surface area contributed by atoms with Gasteiger partial charge in [-0.25, -0.2) is 0 Å². The van der Waals surface area contributed by atoms with Gasteiger partial charge in [-0.15, -0.1) is 0 Å². The Hall–Kier alpha value is -1.35. The molecule has 0 aliphatic carbocycles. The maximum absolute atomic E-state index is 12.2. The fourth-order valence-corrected chi connectivity index (χ4v) is 1.76. The minimum Gasteiger partial charge on any atom is -0.494 e. The van der Waals surface area contributed by atoms with E-state index in [1.165, 1.54) is 0 Å². The Morgan fingerprint density at radius 3 is 2.17 bits per heavy atom. The van der Waals surface area contributed by atoms with Gasteiger partial charge in [0.1, 0.15) is 11.4 Å². The molecule has 3 heteroatoms. The second kappa shape index (κ2) is 6.55. The molecule has 0 saturated carbocycles. The SMILES string of the molecule is CCCOc1ccc(C(=O)C(O)(CC)CC)cc1. The first-order valence-corrected chi connectivity index (χ1v) is 6.57. The first-order valence-electron chi connectivity index (χ1n) is 6.57. The zero-order valence-electron chi connectivity index (χ0n) is 11.4. The molecule has 18 heavy (non-hydrogen) atoms. The summed E-state index contributed by atoms with van der Waals surface area (Å²) in [6, 6.07) is 6.97. The van der Waals surface area contributed by atoms with Gasteiger partial charge < -0.3 is 9.84 Å². The fraction of sp³-hybridized carbons (Fsp3) is 0.533. The smallest absolute Gasteiger partial charge is 0.194 e. The number of Topliss-reactive ketones (excluding diaryl/α,β-unsaturated/α-hetero) is 1. The van der Waals surface area contributed by atoms with E-state index in [2.05, 4.69) is 0 Å². The van der Waals surface area contributed by atoms with Crippen LogP contribution in [0.1, 0.15) is 50.4 Å². The van der Waals surface area contributed by atoms with Crippen molar-refractivity contribution in [3.8, 4) is 5.75 Å². The van der Waals surface area contributed by atoms with Crippen molar-refractivity contribution in [2.75, 3.05) is 6.61 Å². The average molecular weight is 250 g/mol. The van der Waals surface area contributed by atoms with Gasteiger partial charge >= 0.3 is 0 Å². The molecule has 1 aromatic carbocycles. The highest BCUT2D eigenvalue weighted by atomic mass is 16.5. The monoisotopic (exact) mass is 250 g/mol. The lowest BCUT2D eigenvalue weighted by Crippen LogP contribution is -2.37. The molecule has 0 amide bonds. The van der Waals surface area contributed by atoms with Crippen LogP contribution in [0.5, 0.6) is 5.75 Å². The molecule has 0 aliphatic heterocycles. The molecule has 0 fully saturated rings. The number of hydrogen-bond donors (Lipinski definition) is 1. The molecule has 1 N–H and O–H groups in total. The van der Waals surface area contributed by atoms with Crippen molar-refractivity contribution in [2.45, 2.75) is 45.6 Å². The van der Waals surface area contributed by atoms with Crippen molar-refractivity contribution >= 4 is 5.78 Å². The van der Waals surface area contributed by atoms with Crippen molar-refractivity contribution in [1.29, 1.82) is 0 Å². The number of carbonyl (C=O) groups excluding carboxylic acids is 1. The Kier molecular flexibility index (Phi) is 5.35. The number of ether oxygens (including phenoxy) is 1. The minimum absolute atomic E-state index is 0.213. The van der Waals surface area contributed by atoms with Crippen LogP contribution in [-0.2, 0) is 0 Å². The first kappa shape index (κ1) is 14.7. The van der Waals surface area contributed by atoms with Gasteiger partial charge in [-0.3, -0.25) is 4.79 Å². The van der Waals surface area contributed by atoms with Gasteiger partial charge in [0.05, 0.1) is 6.61 Å². The van der Waals surface area contributed by atoms with Gasteiger partial charge in [0.25, 0.3) is 0 Å². The quantitative estimate of drug-likeness (QED) is 0.756. The second-order valence-corrected chi connectivity index (χ2v) is 4.44. The number of ketones is 1. The van der Waals surface area contributed by atoms with E-state index in [9.17, 15) is 9.90 Å². The molecule has 100 valence electrons. The topological polar surface area (TPSA) is 46.5 Å². The molecular formula is C15H22O3. The summed E-state index contributed by atoms with van der Waals surface area (Å²) in [5.74, 6) is 0.541. The third-order valence-corrected chi connectivity index (χ3v) is 3.18. The van der Waals surface area contributed by atoms with Crippen LogP contribution in [0.3, 0.4) is 0 Å². The van der Waals surface area contributed by atoms with E-state index < -0.39 is 5.60 Å². The zero-order chi connectivity index (χ0) is 13.6. The lowest BCUT2D eigenvalue weighted by atomic mass is 9.88. The molecule has 3 nitrogen and oxygen atoms in total. The number of hydrogen-bond acceptors (Lipinski definition) is 3. The van der Waals surface area contributed by atoms with E-state index in [1.54, 1.807) is 24.3 Å². The van der Waals surface area contributed by atoms with Crippen LogP contribution in [-0.4, -0.2) is 23.1 Å². The predicted molar refractivity (Wildman–Crippen MR) is 72.1 cm³/mol.